The van der Waals surface area contributed by atoms with Crippen molar-refractivity contribution in [2.24, 2.45) is 0 Å². The average Bonchev–Trinajstić information content (AvgIpc) is 2.61. The van der Waals surface area contributed by atoms with Gasteiger partial charge in [0.15, 0.2) is 5.65 Å². The molecule has 0 saturated carbocycles. The van der Waals surface area contributed by atoms with Crippen molar-refractivity contribution in [2.75, 3.05) is 23.9 Å². The number of aryl methyl sites for hydroxylation is 1. The fourth-order valence-electron chi connectivity index (χ4n) is 1.42. The maximum Gasteiger partial charge on any atom is 0.243 e. The lowest BCUT2D eigenvalue weighted by Gasteiger charge is -1.97. The van der Waals surface area contributed by atoms with Crippen molar-refractivity contribution in [1.29, 1.82) is 0 Å². The predicted octanol–water partition coefficient (Wildman–Crippen LogP) is 0.828. The third-order valence-electron chi connectivity index (χ3n) is 2.23. The van der Waals surface area contributed by atoms with Gasteiger partial charge in [-0.05, 0) is 18.6 Å². The smallest absolute Gasteiger partial charge is 0.243 e. The summed E-state index contributed by atoms with van der Waals surface area (Å²) in [6, 6.07) is 3.93. The molecule has 0 bridgehead atoms. The number of rotatable bonds is 4. The molecule has 0 spiro atoms. The molecule has 1 atom stereocenters. The standard InChI is InChI=1S/C10H14N4OS/c1-8-4-3-6-14-9(8)12-10(13-14)11-5-7-16(2)15/h3-4,6H,5,7H2,1-2H3,(H,11,13). The first-order valence-corrected chi connectivity index (χ1v) is 6.75. The van der Waals surface area contributed by atoms with Gasteiger partial charge >= 0.3 is 0 Å². The maximum atomic E-state index is 10.9. The fourth-order valence-corrected chi connectivity index (χ4v) is 1.81. The highest BCUT2D eigenvalue weighted by Crippen LogP contribution is 2.09. The third kappa shape index (κ3) is 2.38. The van der Waals surface area contributed by atoms with E-state index in [0.29, 0.717) is 18.2 Å². The van der Waals surface area contributed by atoms with Crippen LogP contribution in [0.3, 0.4) is 0 Å². The molecule has 0 radical (unpaired) electrons. The van der Waals surface area contributed by atoms with Crippen LogP contribution < -0.4 is 5.32 Å². The lowest BCUT2D eigenvalue weighted by Crippen LogP contribution is -2.10. The zero-order valence-electron chi connectivity index (χ0n) is 9.30. The summed E-state index contributed by atoms with van der Waals surface area (Å²) in [6.07, 6.45) is 3.54. The van der Waals surface area contributed by atoms with Crippen LogP contribution in [-0.2, 0) is 10.8 Å². The molecule has 2 aromatic heterocycles. The maximum absolute atomic E-state index is 10.9. The van der Waals surface area contributed by atoms with E-state index in [-0.39, 0.29) is 0 Å². The van der Waals surface area contributed by atoms with E-state index in [1.165, 1.54) is 0 Å². The molecule has 0 amide bonds. The largest absolute Gasteiger partial charge is 0.352 e. The van der Waals surface area contributed by atoms with Crippen LogP contribution in [0.1, 0.15) is 5.56 Å². The Morgan fingerprint density at radius 1 is 1.56 bits per heavy atom. The molecule has 5 nitrogen and oxygen atoms in total. The molecule has 1 N–H and O–H groups in total. The molecule has 6 heteroatoms. The first-order valence-electron chi connectivity index (χ1n) is 5.03. The number of hydrogen-bond donors (Lipinski definition) is 1. The van der Waals surface area contributed by atoms with Crippen molar-refractivity contribution in [1.82, 2.24) is 14.6 Å². The number of nitrogens with zero attached hydrogens (tertiary/aromatic N) is 3. The molecule has 2 aromatic rings. The third-order valence-corrected chi connectivity index (χ3v) is 3.01. The average molecular weight is 238 g/mol. The second-order valence-electron chi connectivity index (χ2n) is 3.60. The Morgan fingerprint density at radius 3 is 3.06 bits per heavy atom. The number of nitrogens with one attached hydrogen (secondary N) is 1. The van der Waals surface area contributed by atoms with Gasteiger partial charge in [-0.15, -0.1) is 5.10 Å². The summed E-state index contributed by atoms with van der Waals surface area (Å²) in [6.45, 7) is 2.62. The van der Waals surface area contributed by atoms with Crippen molar-refractivity contribution in [3.05, 3.63) is 23.9 Å². The number of fused-ring (bicyclic) bond motifs is 1. The van der Waals surface area contributed by atoms with Crippen LogP contribution in [-0.4, -0.2) is 37.4 Å². The highest BCUT2D eigenvalue weighted by molar-refractivity contribution is 7.84. The molecule has 16 heavy (non-hydrogen) atoms. The summed E-state index contributed by atoms with van der Waals surface area (Å²) in [5, 5.41) is 7.32. The molecule has 2 rings (SSSR count). The lowest BCUT2D eigenvalue weighted by molar-refractivity contribution is 0.687. The summed E-state index contributed by atoms with van der Waals surface area (Å²) in [5.41, 5.74) is 1.93. The van der Waals surface area contributed by atoms with Crippen LogP contribution >= 0.6 is 0 Å². The van der Waals surface area contributed by atoms with E-state index >= 15 is 0 Å². The van der Waals surface area contributed by atoms with Gasteiger partial charge in [-0.2, -0.15) is 4.98 Å². The van der Waals surface area contributed by atoms with Crippen molar-refractivity contribution < 1.29 is 4.21 Å². The minimum Gasteiger partial charge on any atom is -0.352 e. The van der Waals surface area contributed by atoms with Gasteiger partial charge in [0.25, 0.3) is 0 Å². The Kier molecular flexibility index (Phi) is 3.19. The monoisotopic (exact) mass is 238 g/mol. The molecule has 0 fully saturated rings. The highest BCUT2D eigenvalue weighted by atomic mass is 32.2. The Balaban J connectivity index is 2.14. The second kappa shape index (κ2) is 4.61. The zero-order valence-corrected chi connectivity index (χ0v) is 10.1. The van der Waals surface area contributed by atoms with E-state index in [4.69, 9.17) is 0 Å². The van der Waals surface area contributed by atoms with Crippen LogP contribution in [0, 0.1) is 6.92 Å². The van der Waals surface area contributed by atoms with E-state index in [1.54, 1.807) is 10.8 Å². The number of aromatic nitrogens is 3. The van der Waals surface area contributed by atoms with Gasteiger partial charge in [0.2, 0.25) is 5.95 Å². The van der Waals surface area contributed by atoms with Crippen molar-refractivity contribution in [3.63, 3.8) is 0 Å². The molecule has 86 valence electrons. The molecule has 0 saturated heterocycles. The number of anilines is 1. The summed E-state index contributed by atoms with van der Waals surface area (Å²) in [4.78, 5) is 4.35. The van der Waals surface area contributed by atoms with Crippen LogP contribution in [0.4, 0.5) is 5.95 Å². The van der Waals surface area contributed by atoms with Crippen LogP contribution in [0.5, 0.6) is 0 Å². The van der Waals surface area contributed by atoms with Gasteiger partial charge in [0.05, 0.1) is 0 Å². The van der Waals surface area contributed by atoms with E-state index < -0.39 is 10.8 Å². The Bertz CT molecular complexity index is 523. The van der Waals surface area contributed by atoms with Crippen molar-refractivity contribution in [3.8, 4) is 0 Å². The molecule has 0 aliphatic rings. The SMILES string of the molecule is Cc1cccn2nc(NCCS(C)=O)nc12. The van der Waals surface area contributed by atoms with Gasteiger partial charge in [0, 0.05) is 35.5 Å². The van der Waals surface area contributed by atoms with Crippen molar-refractivity contribution >= 4 is 22.4 Å². The van der Waals surface area contributed by atoms with E-state index in [9.17, 15) is 4.21 Å². The number of pyridine rings is 1. The molecule has 0 aliphatic carbocycles. The van der Waals surface area contributed by atoms with Crippen LogP contribution in [0.15, 0.2) is 18.3 Å². The minimum atomic E-state index is -0.786. The molecular weight excluding hydrogens is 224 g/mol. The van der Waals surface area contributed by atoms with Gasteiger partial charge in [0.1, 0.15) is 0 Å². The van der Waals surface area contributed by atoms with Gasteiger partial charge in [-0.3, -0.25) is 4.21 Å². The number of hydrogen-bond acceptors (Lipinski definition) is 4. The summed E-state index contributed by atoms with van der Waals surface area (Å²) in [7, 11) is -0.786. The molecule has 2 heterocycles. The predicted molar refractivity (Wildman–Crippen MR) is 65.1 cm³/mol. The molecule has 1 unspecified atom stereocenters. The molecular formula is C10H14N4OS. The van der Waals surface area contributed by atoms with E-state index in [0.717, 1.165) is 11.2 Å². The highest BCUT2D eigenvalue weighted by Gasteiger charge is 2.04. The van der Waals surface area contributed by atoms with Gasteiger partial charge < -0.3 is 5.32 Å². The first-order chi connectivity index (χ1) is 7.66. The fraction of sp³-hybridized carbons (Fsp3) is 0.400. The van der Waals surface area contributed by atoms with Crippen LogP contribution in [0.25, 0.3) is 5.65 Å². The van der Waals surface area contributed by atoms with Gasteiger partial charge in [-0.1, -0.05) is 6.07 Å². The first kappa shape index (κ1) is 11.1. The summed E-state index contributed by atoms with van der Waals surface area (Å²) >= 11 is 0. The quantitative estimate of drug-likeness (QED) is 0.857. The van der Waals surface area contributed by atoms with E-state index in [2.05, 4.69) is 15.4 Å². The molecule has 0 aliphatic heterocycles. The lowest BCUT2D eigenvalue weighted by atomic mass is 10.3. The summed E-state index contributed by atoms with van der Waals surface area (Å²) in [5.74, 6) is 1.19. The molecule has 0 aromatic carbocycles. The second-order valence-corrected chi connectivity index (χ2v) is 5.15. The summed E-state index contributed by atoms with van der Waals surface area (Å²) < 4.78 is 12.6. The minimum absolute atomic E-state index is 0.583. The Hall–Kier alpha value is -1.43. The topological polar surface area (TPSA) is 59.3 Å². The normalized spacial score (nSPS) is 12.9. The zero-order chi connectivity index (χ0) is 11.5. The Morgan fingerprint density at radius 2 is 2.38 bits per heavy atom. The van der Waals surface area contributed by atoms with Gasteiger partial charge in [-0.25, -0.2) is 4.52 Å². The van der Waals surface area contributed by atoms with E-state index in [1.807, 2.05) is 25.3 Å². The van der Waals surface area contributed by atoms with Crippen LogP contribution in [0.2, 0.25) is 0 Å². The Labute approximate surface area is 96.3 Å². The van der Waals surface area contributed by atoms with Crippen molar-refractivity contribution in [2.45, 2.75) is 6.92 Å².